The molecule has 9 heteroatoms. The van der Waals surface area contributed by atoms with Gasteiger partial charge in [-0.15, -0.1) is 0 Å². The number of halogens is 1. The van der Waals surface area contributed by atoms with Crippen LogP contribution in [-0.4, -0.2) is 20.2 Å². The normalized spacial score (nSPS) is 11.0. The number of carbonyl (C=O) groups excluding carboxylic acids is 2. The lowest BCUT2D eigenvalue weighted by molar-refractivity contribution is -0.115. The van der Waals surface area contributed by atoms with E-state index in [1.807, 2.05) is 0 Å². The van der Waals surface area contributed by atoms with Gasteiger partial charge >= 0.3 is 0 Å². The van der Waals surface area contributed by atoms with Gasteiger partial charge < -0.3 is 10.6 Å². The van der Waals surface area contributed by atoms with Crippen LogP contribution in [0.4, 0.5) is 21.5 Å². The molecular weight excluding hydrogens is 433 g/mol. The highest BCUT2D eigenvalue weighted by atomic mass is 32.2. The van der Waals surface area contributed by atoms with Crippen molar-refractivity contribution in [3.05, 3.63) is 83.7 Å². The first kappa shape index (κ1) is 23.0. The number of anilines is 3. The Morgan fingerprint density at radius 1 is 0.906 bits per heavy atom. The van der Waals surface area contributed by atoms with Crippen molar-refractivity contribution in [3.8, 4) is 0 Å². The molecule has 0 saturated carbocycles. The summed E-state index contributed by atoms with van der Waals surface area (Å²) < 4.78 is 40.8. The van der Waals surface area contributed by atoms with E-state index in [1.54, 1.807) is 32.0 Å². The van der Waals surface area contributed by atoms with Gasteiger partial charge in [0.05, 0.1) is 4.90 Å². The summed E-state index contributed by atoms with van der Waals surface area (Å²) in [4.78, 5) is 24.3. The SMILES string of the molecule is CCC(=O)Nc1ccc(C)c(NC(=O)c2cccc(S(=O)(=O)Nc3ccc(F)cc3)c2)c1. The molecule has 166 valence electrons. The Morgan fingerprint density at radius 2 is 1.59 bits per heavy atom. The van der Waals surface area contributed by atoms with Crippen LogP contribution in [0.15, 0.2) is 71.6 Å². The van der Waals surface area contributed by atoms with E-state index in [0.717, 1.165) is 17.7 Å². The first-order chi connectivity index (χ1) is 15.2. The molecule has 3 aromatic carbocycles. The standard InChI is InChI=1S/C23H22FN3O4S/c1-3-22(28)25-19-10-7-15(2)21(14-19)26-23(29)16-5-4-6-20(13-16)32(30,31)27-18-11-8-17(24)9-12-18/h4-14,27H,3H2,1-2H3,(H,25,28)(H,26,29). The summed E-state index contributed by atoms with van der Waals surface area (Å²) in [5.74, 6) is -1.15. The van der Waals surface area contributed by atoms with E-state index in [-0.39, 0.29) is 22.1 Å². The number of sulfonamides is 1. The van der Waals surface area contributed by atoms with Crippen LogP contribution in [0.3, 0.4) is 0 Å². The molecule has 0 radical (unpaired) electrons. The number of aryl methyl sites for hydroxylation is 1. The molecule has 3 rings (SSSR count). The Hall–Kier alpha value is -3.72. The number of rotatable bonds is 7. The number of benzene rings is 3. The maximum absolute atomic E-state index is 13.1. The van der Waals surface area contributed by atoms with Gasteiger partial charge in [0.15, 0.2) is 0 Å². The smallest absolute Gasteiger partial charge is 0.261 e. The van der Waals surface area contributed by atoms with Gasteiger partial charge in [-0.3, -0.25) is 14.3 Å². The van der Waals surface area contributed by atoms with Gasteiger partial charge in [0.1, 0.15) is 5.82 Å². The summed E-state index contributed by atoms with van der Waals surface area (Å²) in [6.45, 7) is 3.53. The monoisotopic (exact) mass is 455 g/mol. The summed E-state index contributed by atoms with van der Waals surface area (Å²) in [5.41, 5.74) is 2.13. The molecule has 0 aliphatic heterocycles. The predicted octanol–water partition coefficient (Wildman–Crippen LogP) is 4.54. The zero-order chi connectivity index (χ0) is 23.3. The second kappa shape index (κ2) is 9.61. The summed E-state index contributed by atoms with van der Waals surface area (Å²) in [6, 6.07) is 15.6. The Morgan fingerprint density at radius 3 is 2.28 bits per heavy atom. The van der Waals surface area contributed by atoms with Gasteiger partial charge in [0.2, 0.25) is 5.91 Å². The maximum Gasteiger partial charge on any atom is 0.261 e. The fourth-order valence-corrected chi connectivity index (χ4v) is 3.92. The Kier molecular flexibility index (Phi) is 6.89. The fourth-order valence-electron chi connectivity index (χ4n) is 2.81. The molecule has 0 atom stereocenters. The molecule has 0 spiro atoms. The molecule has 7 nitrogen and oxygen atoms in total. The lowest BCUT2D eigenvalue weighted by Gasteiger charge is -2.12. The molecule has 3 N–H and O–H groups in total. The van der Waals surface area contributed by atoms with E-state index in [9.17, 15) is 22.4 Å². The average Bonchev–Trinajstić information content (AvgIpc) is 2.77. The zero-order valence-corrected chi connectivity index (χ0v) is 18.3. The summed E-state index contributed by atoms with van der Waals surface area (Å²) in [5, 5.41) is 5.47. The molecule has 0 aromatic heterocycles. The van der Waals surface area contributed by atoms with E-state index in [0.29, 0.717) is 17.8 Å². The highest BCUT2D eigenvalue weighted by Crippen LogP contribution is 2.22. The van der Waals surface area contributed by atoms with Crippen molar-refractivity contribution in [3.63, 3.8) is 0 Å². The summed E-state index contributed by atoms with van der Waals surface area (Å²) >= 11 is 0. The Balaban J connectivity index is 1.80. The zero-order valence-electron chi connectivity index (χ0n) is 17.5. The quantitative estimate of drug-likeness (QED) is 0.487. The molecule has 0 saturated heterocycles. The second-order valence-electron chi connectivity index (χ2n) is 7.03. The van der Waals surface area contributed by atoms with E-state index < -0.39 is 21.7 Å². The highest BCUT2D eigenvalue weighted by molar-refractivity contribution is 7.92. The third kappa shape index (κ3) is 5.70. The van der Waals surface area contributed by atoms with E-state index in [2.05, 4.69) is 15.4 Å². The highest BCUT2D eigenvalue weighted by Gasteiger charge is 2.17. The van der Waals surface area contributed by atoms with Crippen molar-refractivity contribution in [1.29, 1.82) is 0 Å². The maximum atomic E-state index is 13.1. The third-order valence-electron chi connectivity index (χ3n) is 4.59. The topological polar surface area (TPSA) is 104 Å². The van der Waals surface area contributed by atoms with Crippen LogP contribution in [0.1, 0.15) is 29.3 Å². The van der Waals surface area contributed by atoms with Gasteiger partial charge in [-0.2, -0.15) is 0 Å². The third-order valence-corrected chi connectivity index (χ3v) is 5.97. The van der Waals surface area contributed by atoms with Crippen molar-refractivity contribution in [2.75, 3.05) is 15.4 Å². The molecule has 0 fully saturated rings. The Bertz CT molecular complexity index is 1260. The van der Waals surface area contributed by atoms with Crippen molar-refractivity contribution >= 4 is 38.9 Å². The van der Waals surface area contributed by atoms with Gasteiger partial charge in [-0.1, -0.05) is 19.1 Å². The van der Waals surface area contributed by atoms with Crippen LogP contribution in [0.25, 0.3) is 0 Å². The van der Waals surface area contributed by atoms with Crippen molar-refractivity contribution in [1.82, 2.24) is 0 Å². The number of hydrogen-bond acceptors (Lipinski definition) is 4. The van der Waals surface area contributed by atoms with Crippen LogP contribution < -0.4 is 15.4 Å². The van der Waals surface area contributed by atoms with Crippen LogP contribution in [0.5, 0.6) is 0 Å². The molecular formula is C23H22FN3O4S. The molecule has 3 aromatic rings. The summed E-state index contributed by atoms with van der Waals surface area (Å²) in [7, 11) is -3.99. The molecule has 0 unspecified atom stereocenters. The molecule has 0 heterocycles. The lowest BCUT2D eigenvalue weighted by atomic mass is 10.1. The van der Waals surface area contributed by atoms with Crippen LogP contribution in [-0.2, 0) is 14.8 Å². The first-order valence-electron chi connectivity index (χ1n) is 9.78. The van der Waals surface area contributed by atoms with Crippen molar-refractivity contribution in [2.24, 2.45) is 0 Å². The fraction of sp³-hybridized carbons (Fsp3) is 0.130. The Labute approximate surface area is 185 Å². The first-order valence-corrected chi connectivity index (χ1v) is 11.3. The molecule has 0 bridgehead atoms. The predicted molar refractivity (Wildman–Crippen MR) is 122 cm³/mol. The number of nitrogens with one attached hydrogen (secondary N) is 3. The van der Waals surface area contributed by atoms with E-state index in [4.69, 9.17) is 0 Å². The van der Waals surface area contributed by atoms with E-state index in [1.165, 1.54) is 36.4 Å². The van der Waals surface area contributed by atoms with Crippen LogP contribution >= 0.6 is 0 Å². The number of carbonyl (C=O) groups is 2. The molecule has 32 heavy (non-hydrogen) atoms. The van der Waals surface area contributed by atoms with E-state index >= 15 is 0 Å². The van der Waals surface area contributed by atoms with Gasteiger partial charge in [-0.25, -0.2) is 12.8 Å². The molecule has 0 aliphatic rings. The van der Waals surface area contributed by atoms with Gasteiger partial charge in [0, 0.05) is 29.0 Å². The molecule has 2 amide bonds. The van der Waals surface area contributed by atoms with Crippen molar-refractivity contribution < 1.29 is 22.4 Å². The second-order valence-corrected chi connectivity index (χ2v) is 8.71. The number of amides is 2. The number of hydrogen-bond donors (Lipinski definition) is 3. The average molecular weight is 456 g/mol. The molecule has 0 aliphatic carbocycles. The minimum absolute atomic E-state index is 0.116. The lowest BCUT2D eigenvalue weighted by Crippen LogP contribution is -2.16. The van der Waals surface area contributed by atoms with Crippen LogP contribution in [0, 0.1) is 12.7 Å². The van der Waals surface area contributed by atoms with Crippen LogP contribution in [0.2, 0.25) is 0 Å². The minimum Gasteiger partial charge on any atom is -0.326 e. The van der Waals surface area contributed by atoms with Crippen molar-refractivity contribution in [2.45, 2.75) is 25.2 Å². The summed E-state index contributed by atoms with van der Waals surface area (Å²) in [6.07, 6.45) is 0.322. The van der Waals surface area contributed by atoms with Gasteiger partial charge in [-0.05, 0) is 67.1 Å². The largest absolute Gasteiger partial charge is 0.326 e. The van der Waals surface area contributed by atoms with Gasteiger partial charge in [0.25, 0.3) is 15.9 Å². The minimum atomic E-state index is -3.99.